The Morgan fingerprint density at radius 3 is 2.89 bits per heavy atom. The summed E-state index contributed by atoms with van der Waals surface area (Å²) in [5.74, 6) is 0.531. The van der Waals surface area contributed by atoms with Gasteiger partial charge in [0.2, 0.25) is 0 Å². The molecule has 0 unspecified atom stereocenters. The third-order valence-corrected chi connectivity index (χ3v) is 4.52. The molecule has 18 heavy (non-hydrogen) atoms. The summed E-state index contributed by atoms with van der Waals surface area (Å²) >= 11 is 9.45. The topological polar surface area (TPSA) is 17.8 Å². The van der Waals surface area contributed by atoms with Crippen LogP contribution in [0.4, 0.5) is 0 Å². The van der Waals surface area contributed by atoms with Crippen molar-refractivity contribution < 1.29 is 0 Å². The van der Waals surface area contributed by atoms with Crippen LogP contribution in [0.15, 0.2) is 29.0 Å². The molecule has 2 nitrogen and oxygen atoms in total. The number of benzene rings is 1. The molecule has 0 amide bonds. The second-order valence-corrected chi connectivity index (χ2v) is 5.75. The Morgan fingerprint density at radius 2 is 2.11 bits per heavy atom. The van der Waals surface area contributed by atoms with Gasteiger partial charge in [0, 0.05) is 21.7 Å². The molecular weight excluding hydrogens is 312 g/mol. The molecule has 0 saturated carbocycles. The maximum atomic E-state index is 5.88. The minimum atomic E-state index is 0.531. The van der Waals surface area contributed by atoms with Crippen LogP contribution >= 0.6 is 27.5 Å². The lowest BCUT2D eigenvalue weighted by Crippen LogP contribution is -2.06. The van der Waals surface area contributed by atoms with Crippen molar-refractivity contribution in [3.63, 3.8) is 0 Å². The number of aryl methyl sites for hydroxylation is 1. The number of hydrogen-bond donors (Lipinski definition) is 0. The van der Waals surface area contributed by atoms with Crippen LogP contribution in [0, 0.1) is 0 Å². The first-order valence-electron chi connectivity index (χ1n) is 6.19. The average Bonchev–Trinajstić information content (AvgIpc) is 2.82. The third-order valence-electron chi connectivity index (χ3n) is 3.49. The van der Waals surface area contributed by atoms with E-state index in [2.05, 4.69) is 43.7 Å². The molecule has 0 saturated heterocycles. The van der Waals surface area contributed by atoms with Gasteiger partial charge in [0.25, 0.3) is 0 Å². The fraction of sp³-hybridized carbons (Fsp3) is 0.357. The molecule has 1 heterocycles. The van der Waals surface area contributed by atoms with Gasteiger partial charge in [0.15, 0.2) is 0 Å². The lowest BCUT2D eigenvalue weighted by molar-refractivity contribution is 0.656. The van der Waals surface area contributed by atoms with Crippen LogP contribution in [-0.2, 0) is 18.7 Å². The summed E-state index contributed by atoms with van der Waals surface area (Å²) < 4.78 is 3.27. The highest BCUT2D eigenvalue weighted by atomic mass is 79.9. The molecule has 0 aliphatic heterocycles. The summed E-state index contributed by atoms with van der Waals surface area (Å²) in [5.41, 5.74) is 4.91. The second-order valence-electron chi connectivity index (χ2n) is 4.62. The van der Waals surface area contributed by atoms with E-state index < -0.39 is 0 Å². The van der Waals surface area contributed by atoms with Crippen LogP contribution in [0.25, 0.3) is 5.69 Å². The first kappa shape index (κ1) is 12.2. The molecule has 1 aliphatic rings. The Morgan fingerprint density at radius 1 is 1.28 bits per heavy atom. The van der Waals surface area contributed by atoms with Crippen LogP contribution in [0.2, 0.25) is 0 Å². The summed E-state index contributed by atoms with van der Waals surface area (Å²) in [5, 5.41) is 0. The van der Waals surface area contributed by atoms with Crippen LogP contribution in [0.3, 0.4) is 0 Å². The third kappa shape index (κ3) is 2.10. The van der Waals surface area contributed by atoms with Crippen molar-refractivity contribution in [2.24, 2.45) is 0 Å². The van der Waals surface area contributed by atoms with Crippen molar-refractivity contribution in [2.75, 3.05) is 0 Å². The van der Waals surface area contributed by atoms with E-state index in [0.717, 1.165) is 28.6 Å². The van der Waals surface area contributed by atoms with Gasteiger partial charge in [-0.05, 0) is 43.4 Å². The van der Waals surface area contributed by atoms with Crippen molar-refractivity contribution in [3.8, 4) is 5.69 Å². The van der Waals surface area contributed by atoms with E-state index in [1.54, 1.807) is 0 Å². The van der Waals surface area contributed by atoms with E-state index in [1.807, 2.05) is 6.33 Å². The number of aromatic nitrogens is 2. The standard InChI is InChI=1S/C14H14BrClN2/c15-12-7-11(6-5-10(12)8-16)18-9-17-13-3-1-2-4-14(13)18/h5-7,9H,1-4,8H2. The molecule has 1 aliphatic carbocycles. The molecule has 2 aromatic rings. The largest absolute Gasteiger partial charge is 0.303 e. The monoisotopic (exact) mass is 324 g/mol. The van der Waals surface area contributed by atoms with Crippen LogP contribution in [-0.4, -0.2) is 9.55 Å². The Kier molecular flexibility index (Phi) is 3.44. The van der Waals surface area contributed by atoms with E-state index in [9.17, 15) is 0 Å². The molecular formula is C14H14BrClN2. The molecule has 0 bridgehead atoms. The van der Waals surface area contributed by atoms with Gasteiger partial charge in [-0.1, -0.05) is 22.0 Å². The van der Waals surface area contributed by atoms with Gasteiger partial charge in [0.1, 0.15) is 0 Å². The highest BCUT2D eigenvalue weighted by Gasteiger charge is 2.16. The van der Waals surface area contributed by atoms with Crippen molar-refractivity contribution in [1.82, 2.24) is 9.55 Å². The van der Waals surface area contributed by atoms with Gasteiger partial charge in [-0.25, -0.2) is 4.98 Å². The number of imidazole rings is 1. The highest BCUT2D eigenvalue weighted by molar-refractivity contribution is 9.10. The molecule has 94 valence electrons. The Balaban J connectivity index is 2.04. The van der Waals surface area contributed by atoms with E-state index in [1.165, 1.54) is 24.2 Å². The highest BCUT2D eigenvalue weighted by Crippen LogP contribution is 2.26. The van der Waals surface area contributed by atoms with Gasteiger partial charge in [-0.15, -0.1) is 11.6 Å². The van der Waals surface area contributed by atoms with Crippen LogP contribution in [0.1, 0.15) is 29.8 Å². The zero-order chi connectivity index (χ0) is 12.5. The van der Waals surface area contributed by atoms with E-state index in [4.69, 9.17) is 11.6 Å². The number of fused-ring (bicyclic) bond motifs is 1. The zero-order valence-corrected chi connectivity index (χ0v) is 12.3. The Labute approximate surface area is 120 Å². The van der Waals surface area contributed by atoms with Crippen molar-refractivity contribution in [2.45, 2.75) is 31.6 Å². The van der Waals surface area contributed by atoms with E-state index in [0.29, 0.717) is 5.88 Å². The molecule has 0 atom stereocenters. The number of rotatable bonds is 2. The molecule has 0 N–H and O–H groups in total. The molecule has 0 spiro atoms. The zero-order valence-electron chi connectivity index (χ0n) is 10.00. The van der Waals surface area contributed by atoms with Gasteiger partial charge in [0.05, 0.1) is 12.0 Å². The lowest BCUT2D eigenvalue weighted by Gasteiger charge is -2.14. The number of nitrogens with zero attached hydrogens (tertiary/aromatic N) is 2. The van der Waals surface area contributed by atoms with Crippen molar-refractivity contribution in [1.29, 1.82) is 0 Å². The molecule has 4 heteroatoms. The molecule has 0 radical (unpaired) electrons. The van der Waals surface area contributed by atoms with Gasteiger partial charge in [-0.3, -0.25) is 0 Å². The fourth-order valence-corrected chi connectivity index (χ4v) is 3.39. The quantitative estimate of drug-likeness (QED) is 0.755. The van der Waals surface area contributed by atoms with Gasteiger partial charge in [-0.2, -0.15) is 0 Å². The summed E-state index contributed by atoms with van der Waals surface area (Å²) in [4.78, 5) is 4.53. The van der Waals surface area contributed by atoms with Crippen LogP contribution < -0.4 is 0 Å². The number of halogens is 2. The molecule has 0 fully saturated rings. The molecule has 3 rings (SSSR count). The minimum Gasteiger partial charge on any atom is -0.303 e. The summed E-state index contributed by atoms with van der Waals surface area (Å²) in [6.07, 6.45) is 6.71. The number of alkyl halides is 1. The average molecular weight is 326 g/mol. The van der Waals surface area contributed by atoms with Crippen molar-refractivity contribution >= 4 is 27.5 Å². The minimum absolute atomic E-state index is 0.531. The van der Waals surface area contributed by atoms with E-state index >= 15 is 0 Å². The summed E-state index contributed by atoms with van der Waals surface area (Å²) in [7, 11) is 0. The smallest absolute Gasteiger partial charge is 0.0997 e. The second kappa shape index (κ2) is 5.06. The predicted molar refractivity (Wildman–Crippen MR) is 77.5 cm³/mol. The normalized spacial score (nSPS) is 14.6. The molecule has 1 aromatic heterocycles. The maximum absolute atomic E-state index is 5.88. The molecule has 1 aromatic carbocycles. The SMILES string of the molecule is ClCc1ccc(-n2cnc3c2CCCC3)cc1Br. The Bertz CT molecular complexity index is 577. The van der Waals surface area contributed by atoms with Crippen molar-refractivity contribution in [3.05, 3.63) is 46.0 Å². The summed E-state index contributed by atoms with van der Waals surface area (Å²) in [6, 6.07) is 6.30. The summed E-state index contributed by atoms with van der Waals surface area (Å²) in [6.45, 7) is 0. The van der Waals surface area contributed by atoms with Gasteiger partial charge < -0.3 is 4.57 Å². The van der Waals surface area contributed by atoms with E-state index in [-0.39, 0.29) is 0 Å². The predicted octanol–water partition coefficient (Wildman–Crippen LogP) is 4.25. The fourth-order valence-electron chi connectivity index (χ4n) is 2.49. The first-order chi connectivity index (χ1) is 8.79. The maximum Gasteiger partial charge on any atom is 0.0997 e. The Hall–Kier alpha value is -0.800. The first-order valence-corrected chi connectivity index (χ1v) is 7.52. The lowest BCUT2D eigenvalue weighted by atomic mass is 10.0. The van der Waals surface area contributed by atoms with Crippen LogP contribution in [0.5, 0.6) is 0 Å². The number of hydrogen-bond acceptors (Lipinski definition) is 1. The van der Waals surface area contributed by atoms with Gasteiger partial charge >= 0.3 is 0 Å².